The summed E-state index contributed by atoms with van der Waals surface area (Å²) in [6.45, 7) is 0.0972. The van der Waals surface area contributed by atoms with Crippen molar-refractivity contribution in [2.24, 2.45) is 5.41 Å². The van der Waals surface area contributed by atoms with Crippen LogP contribution in [0.1, 0.15) is 34.2 Å². The SMILES string of the molecule is [2H]C([2H])Oc1ccc(-c2ccc3c(c2)COC3=O)c(OCC2(C(=O)OC)CC2)c1OC([2H])[2H]. The number of esters is 2. The van der Waals surface area contributed by atoms with E-state index in [9.17, 15) is 9.59 Å². The van der Waals surface area contributed by atoms with Crippen LogP contribution in [0.5, 0.6) is 17.2 Å². The topological polar surface area (TPSA) is 80.3 Å². The van der Waals surface area contributed by atoms with Gasteiger partial charge < -0.3 is 23.7 Å². The van der Waals surface area contributed by atoms with Gasteiger partial charge in [0.05, 0.1) is 32.3 Å². The lowest BCUT2D eigenvalue weighted by atomic mass is 9.99. The number of cyclic esters (lactones) is 1. The summed E-state index contributed by atoms with van der Waals surface area (Å²) >= 11 is 0. The predicted octanol–water partition coefficient (Wildman–Crippen LogP) is 3.37. The molecule has 2 aromatic rings. The summed E-state index contributed by atoms with van der Waals surface area (Å²) in [7, 11) is -2.13. The first-order valence-corrected chi connectivity index (χ1v) is 8.95. The Balaban J connectivity index is 1.79. The molecular formula is C22H22O7. The number of carbonyl (C=O) groups excluding carboxylic acids is 2. The third-order valence-corrected chi connectivity index (χ3v) is 5.28. The molecule has 1 heterocycles. The first-order chi connectivity index (χ1) is 15.7. The fourth-order valence-electron chi connectivity index (χ4n) is 3.41. The number of benzene rings is 2. The molecule has 1 aliphatic heterocycles. The Labute approximate surface area is 174 Å². The van der Waals surface area contributed by atoms with E-state index in [1.54, 1.807) is 24.3 Å². The van der Waals surface area contributed by atoms with Gasteiger partial charge in [0.15, 0.2) is 11.5 Å². The van der Waals surface area contributed by atoms with Crippen LogP contribution >= 0.6 is 0 Å². The highest BCUT2D eigenvalue weighted by molar-refractivity contribution is 5.94. The van der Waals surface area contributed by atoms with Crippen LogP contribution in [0.4, 0.5) is 0 Å². The zero-order chi connectivity index (χ0) is 23.8. The van der Waals surface area contributed by atoms with Gasteiger partial charge >= 0.3 is 11.9 Å². The maximum Gasteiger partial charge on any atom is 0.338 e. The zero-order valence-electron chi connectivity index (χ0n) is 19.7. The van der Waals surface area contributed by atoms with Gasteiger partial charge in [-0.1, -0.05) is 6.07 Å². The van der Waals surface area contributed by atoms with E-state index in [4.69, 9.17) is 29.2 Å². The van der Waals surface area contributed by atoms with Crippen LogP contribution < -0.4 is 14.2 Å². The summed E-state index contributed by atoms with van der Waals surface area (Å²) in [6, 6.07) is 8.17. The van der Waals surface area contributed by atoms with Crippen LogP contribution in [0.25, 0.3) is 11.1 Å². The lowest BCUT2D eigenvalue weighted by Crippen LogP contribution is -2.25. The van der Waals surface area contributed by atoms with Crippen LogP contribution in [0.2, 0.25) is 0 Å². The fraction of sp³-hybridized carbons (Fsp3) is 0.364. The van der Waals surface area contributed by atoms with E-state index in [0.717, 1.165) is 0 Å². The number of methoxy groups -OCH3 is 3. The molecule has 0 bridgehead atoms. The number of rotatable bonds is 7. The lowest BCUT2D eigenvalue weighted by molar-refractivity contribution is -0.148. The molecule has 152 valence electrons. The van der Waals surface area contributed by atoms with Crippen LogP contribution in [0.3, 0.4) is 0 Å². The smallest absolute Gasteiger partial charge is 0.338 e. The molecule has 7 nitrogen and oxygen atoms in total. The van der Waals surface area contributed by atoms with Gasteiger partial charge in [-0.15, -0.1) is 0 Å². The number of fused-ring (bicyclic) bond motifs is 1. The van der Waals surface area contributed by atoms with E-state index in [0.29, 0.717) is 35.1 Å². The second kappa shape index (κ2) is 7.31. The molecule has 4 rings (SSSR count). The molecule has 2 aromatic carbocycles. The summed E-state index contributed by atoms with van der Waals surface area (Å²) < 4.78 is 56.5. The maximum atomic E-state index is 12.2. The molecule has 0 atom stereocenters. The molecule has 7 heteroatoms. The predicted molar refractivity (Wildman–Crippen MR) is 103 cm³/mol. The molecule has 1 aliphatic carbocycles. The standard InChI is InChI=1S/C22H22O7/c1-25-17-7-6-15(13-4-5-16-14(10-13)11-28-20(16)23)18(19(17)26-2)29-12-22(8-9-22)21(24)27-3/h4-7,10H,8-9,11-12H2,1-3H3/i1D2,2D2. The lowest BCUT2D eigenvalue weighted by Gasteiger charge is -2.20. The van der Waals surface area contributed by atoms with E-state index in [-0.39, 0.29) is 30.5 Å². The average Bonchev–Trinajstić information content (AvgIpc) is 3.48. The molecule has 29 heavy (non-hydrogen) atoms. The summed E-state index contributed by atoms with van der Waals surface area (Å²) in [6.07, 6.45) is 1.17. The quantitative estimate of drug-likeness (QED) is 0.657. The molecule has 0 saturated heterocycles. The Kier molecular flexibility index (Phi) is 3.71. The fourth-order valence-corrected chi connectivity index (χ4v) is 3.41. The normalized spacial score (nSPS) is 18.1. The van der Waals surface area contributed by atoms with Gasteiger partial charge in [-0.2, -0.15) is 0 Å². The van der Waals surface area contributed by atoms with Crippen molar-refractivity contribution in [1.82, 2.24) is 0 Å². The van der Waals surface area contributed by atoms with Crippen LogP contribution in [-0.4, -0.2) is 39.8 Å². The zero-order valence-corrected chi connectivity index (χ0v) is 15.7. The number of carbonyl (C=O) groups is 2. The van der Waals surface area contributed by atoms with Crippen LogP contribution in [0.15, 0.2) is 30.3 Å². The molecule has 0 radical (unpaired) electrons. The first-order valence-electron chi connectivity index (χ1n) is 11.3. The molecule has 0 amide bonds. The largest absolute Gasteiger partial charge is 0.493 e. The number of ether oxygens (including phenoxy) is 5. The van der Waals surface area contributed by atoms with Crippen molar-refractivity contribution >= 4 is 11.9 Å². The molecule has 1 saturated carbocycles. The van der Waals surface area contributed by atoms with Crippen molar-refractivity contribution in [3.05, 3.63) is 41.5 Å². The Bertz CT molecular complexity index is 1080. The van der Waals surface area contributed by atoms with E-state index in [1.165, 1.54) is 13.2 Å². The molecule has 0 spiro atoms. The Morgan fingerprint density at radius 2 is 1.93 bits per heavy atom. The van der Waals surface area contributed by atoms with E-state index >= 15 is 0 Å². The van der Waals surface area contributed by atoms with Gasteiger partial charge in [0.2, 0.25) is 5.75 Å². The molecule has 2 aliphatic rings. The summed E-state index contributed by atoms with van der Waals surface area (Å²) in [5.41, 5.74) is 1.49. The Morgan fingerprint density at radius 1 is 1.14 bits per heavy atom. The van der Waals surface area contributed by atoms with Crippen molar-refractivity contribution in [1.29, 1.82) is 0 Å². The minimum atomic E-state index is -1.75. The molecule has 0 aromatic heterocycles. The van der Waals surface area contributed by atoms with Gasteiger partial charge in [-0.05, 0) is 42.7 Å². The van der Waals surface area contributed by atoms with Gasteiger partial charge in [-0.3, -0.25) is 4.79 Å². The molecule has 0 N–H and O–H groups in total. The van der Waals surface area contributed by atoms with Crippen molar-refractivity contribution < 1.29 is 38.8 Å². The van der Waals surface area contributed by atoms with E-state index in [1.807, 2.05) is 0 Å². The van der Waals surface area contributed by atoms with Gasteiger partial charge in [0.25, 0.3) is 0 Å². The highest BCUT2D eigenvalue weighted by Crippen LogP contribution is 2.50. The second-order valence-corrected chi connectivity index (χ2v) is 7.01. The van der Waals surface area contributed by atoms with E-state index < -0.39 is 31.5 Å². The van der Waals surface area contributed by atoms with Crippen LogP contribution in [-0.2, 0) is 20.9 Å². The summed E-state index contributed by atoms with van der Waals surface area (Å²) in [5, 5.41) is 0. The highest BCUT2D eigenvalue weighted by atomic mass is 16.5. The highest BCUT2D eigenvalue weighted by Gasteiger charge is 2.52. The monoisotopic (exact) mass is 402 g/mol. The average molecular weight is 402 g/mol. The van der Waals surface area contributed by atoms with Crippen molar-refractivity contribution in [3.63, 3.8) is 0 Å². The Hall–Kier alpha value is -3.22. The van der Waals surface area contributed by atoms with Gasteiger partial charge in [0, 0.05) is 11.1 Å². The number of hydrogen-bond acceptors (Lipinski definition) is 7. The van der Waals surface area contributed by atoms with E-state index in [2.05, 4.69) is 0 Å². The minimum Gasteiger partial charge on any atom is -0.493 e. The van der Waals surface area contributed by atoms with Crippen molar-refractivity contribution in [2.45, 2.75) is 19.4 Å². The molecule has 1 fully saturated rings. The summed E-state index contributed by atoms with van der Waals surface area (Å²) in [4.78, 5) is 24.0. The molecule has 0 unspecified atom stereocenters. The summed E-state index contributed by atoms with van der Waals surface area (Å²) in [5.74, 6) is -0.879. The van der Waals surface area contributed by atoms with Crippen LogP contribution in [0, 0.1) is 5.41 Å². The first kappa shape index (κ1) is 14.7. The maximum absolute atomic E-state index is 12.2. The van der Waals surface area contributed by atoms with Gasteiger partial charge in [0.1, 0.15) is 18.6 Å². The van der Waals surface area contributed by atoms with Crippen molar-refractivity contribution in [2.75, 3.05) is 27.8 Å². The Morgan fingerprint density at radius 3 is 2.66 bits per heavy atom. The third-order valence-electron chi connectivity index (χ3n) is 5.28. The second-order valence-electron chi connectivity index (χ2n) is 7.01. The van der Waals surface area contributed by atoms with Crippen molar-refractivity contribution in [3.8, 4) is 28.4 Å². The number of hydrogen-bond donors (Lipinski definition) is 0. The third kappa shape index (κ3) is 3.26. The van der Waals surface area contributed by atoms with Gasteiger partial charge in [-0.25, -0.2) is 4.79 Å². The minimum absolute atomic E-state index is 0.0368. The molecular weight excluding hydrogens is 376 g/mol.